The lowest BCUT2D eigenvalue weighted by atomic mass is 9.99. The van der Waals surface area contributed by atoms with Crippen LogP contribution in [0.15, 0.2) is 35.3 Å². The van der Waals surface area contributed by atoms with Crippen molar-refractivity contribution in [2.75, 3.05) is 0 Å². The Morgan fingerprint density at radius 2 is 2.21 bits per heavy atom. The lowest BCUT2D eigenvalue weighted by molar-refractivity contribution is 0.0954. The van der Waals surface area contributed by atoms with E-state index < -0.39 is 11.6 Å². The number of pyridine rings is 1. The van der Waals surface area contributed by atoms with Crippen molar-refractivity contribution in [3.63, 3.8) is 0 Å². The molecule has 2 rings (SSSR count). The maximum absolute atomic E-state index is 11.9. The van der Waals surface area contributed by atoms with E-state index in [1.807, 2.05) is 19.9 Å². The van der Waals surface area contributed by atoms with Gasteiger partial charge in [-0.25, -0.2) is 4.98 Å². The molecule has 0 aliphatic carbocycles. The molecule has 1 unspecified atom stereocenters. The van der Waals surface area contributed by atoms with E-state index in [0.29, 0.717) is 17.9 Å². The molecular weight excluding hydrogens is 242 g/mol. The van der Waals surface area contributed by atoms with Crippen LogP contribution in [0.2, 0.25) is 0 Å². The van der Waals surface area contributed by atoms with Crippen LogP contribution >= 0.6 is 0 Å². The standard InChI is InChI=1S/C14H19N3O2/c1-10(18)14(2,3)15-9-11-8-13(19)17-7-5-4-6-12(17)16-11/h4-8,10,15,18H,9H2,1-3H3. The number of aliphatic hydroxyl groups excluding tert-OH is 1. The summed E-state index contributed by atoms with van der Waals surface area (Å²) in [6, 6.07) is 6.95. The lowest BCUT2D eigenvalue weighted by Gasteiger charge is -2.29. The molecule has 0 aromatic carbocycles. The number of hydrogen-bond acceptors (Lipinski definition) is 4. The van der Waals surface area contributed by atoms with Crippen molar-refractivity contribution in [2.45, 2.75) is 39.0 Å². The molecule has 1 atom stereocenters. The fraction of sp³-hybridized carbons (Fsp3) is 0.429. The third kappa shape index (κ3) is 3.00. The summed E-state index contributed by atoms with van der Waals surface area (Å²) in [7, 11) is 0. The fourth-order valence-electron chi connectivity index (χ4n) is 1.66. The summed E-state index contributed by atoms with van der Waals surface area (Å²) in [4.78, 5) is 16.3. The van der Waals surface area contributed by atoms with E-state index in [9.17, 15) is 9.90 Å². The molecule has 0 bridgehead atoms. The van der Waals surface area contributed by atoms with E-state index >= 15 is 0 Å². The Balaban J connectivity index is 2.25. The normalized spacial score (nSPS) is 13.7. The van der Waals surface area contributed by atoms with E-state index in [4.69, 9.17) is 0 Å². The van der Waals surface area contributed by atoms with Gasteiger partial charge in [-0.3, -0.25) is 9.20 Å². The van der Waals surface area contributed by atoms with Gasteiger partial charge < -0.3 is 10.4 Å². The largest absolute Gasteiger partial charge is 0.392 e. The number of aromatic nitrogens is 2. The Morgan fingerprint density at radius 1 is 1.47 bits per heavy atom. The van der Waals surface area contributed by atoms with Crippen molar-refractivity contribution < 1.29 is 5.11 Å². The molecule has 2 heterocycles. The van der Waals surface area contributed by atoms with Crippen molar-refractivity contribution in [1.29, 1.82) is 0 Å². The van der Waals surface area contributed by atoms with Gasteiger partial charge >= 0.3 is 0 Å². The molecule has 0 radical (unpaired) electrons. The highest BCUT2D eigenvalue weighted by atomic mass is 16.3. The first kappa shape index (κ1) is 13.7. The quantitative estimate of drug-likeness (QED) is 0.859. The smallest absolute Gasteiger partial charge is 0.258 e. The number of nitrogens with one attached hydrogen (secondary N) is 1. The van der Waals surface area contributed by atoms with Crippen LogP contribution < -0.4 is 10.9 Å². The molecular formula is C14H19N3O2. The van der Waals surface area contributed by atoms with Crippen LogP contribution in [0.25, 0.3) is 5.65 Å². The van der Waals surface area contributed by atoms with Crippen LogP contribution in [0, 0.1) is 0 Å². The fourth-order valence-corrected chi connectivity index (χ4v) is 1.66. The SMILES string of the molecule is CC(O)C(C)(C)NCc1cc(=O)n2ccccc2n1. The summed E-state index contributed by atoms with van der Waals surface area (Å²) in [6.45, 7) is 5.99. The highest BCUT2D eigenvalue weighted by molar-refractivity contribution is 5.37. The van der Waals surface area contributed by atoms with E-state index in [0.717, 1.165) is 0 Å². The van der Waals surface area contributed by atoms with Gasteiger partial charge in [0.05, 0.1) is 11.8 Å². The zero-order chi connectivity index (χ0) is 14.0. The summed E-state index contributed by atoms with van der Waals surface area (Å²) in [5, 5.41) is 12.8. The molecule has 2 aromatic heterocycles. The predicted molar refractivity (Wildman–Crippen MR) is 74.1 cm³/mol. The van der Waals surface area contributed by atoms with Gasteiger partial charge in [0.25, 0.3) is 5.56 Å². The van der Waals surface area contributed by atoms with Crippen LogP contribution in [0.3, 0.4) is 0 Å². The highest BCUT2D eigenvalue weighted by Gasteiger charge is 2.23. The second-order valence-electron chi connectivity index (χ2n) is 5.27. The Morgan fingerprint density at radius 3 is 2.89 bits per heavy atom. The minimum absolute atomic E-state index is 0.0998. The Labute approximate surface area is 111 Å². The van der Waals surface area contributed by atoms with Crippen LogP contribution in [0.5, 0.6) is 0 Å². The number of hydrogen-bond donors (Lipinski definition) is 2. The molecule has 0 saturated carbocycles. The lowest BCUT2D eigenvalue weighted by Crippen LogP contribution is -2.47. The summed E-state index contributed by atoms with van der Waals surface area (Å²) < 4.78 is 1.50. The van der Waals surface area contributed by atoms with Gasteiger partial charge in [0.1, 0.15) is 5.65 Å². The second kappa shape index (κ2) is 5.11. The highest BCUT2D eigenvalue weighted by Crippen LogP contribution is 2.09. The van der Waals surface area contributed by atoms with Crippen molar-refractivity contribution in [1.82, 2.24) is 14.7 Å². The summed E-state index contributed by atoms with van der Waals surface area (Å²) in [6.07, 6.45) is 1.20. The third-order valence-electron chi connectivity index (χ3n) is 3.39. The van der Waals surface area contributed by atoms with Crippen molar-refractivity contribution in [3.05, 3.63) is 46.5 Å². The minimum atomic E-state index is -0.492. The Bertz CT molecular complexity index is 632. The van der Waals surface area contributed by atoms with E-state index in [1.165, 1.54) is 10.5 Å². The number of aliphatic hydroxyl groups is 1. The predicted octanol–water partition coefficient (Wildman–Crippen LogP) is 0.943. The molecule has 0 amide bonds. The molecule has 2 aromatic rings. The van der Waals surface area contributed by atoms with Gasteiger partial charge in [0.15, 0.2) is 0 Å². The molecule has 0 saturated heterocycles. The summed E-state index contributed by atoms with van der Waals surface area (Å²) in [5.74, 6) is 0. The van der Waals surface area contributed by atoms with E-state index in [1.54, 1.807) is 25.3 Å². The van der Waals surface area contributed by atoms with Crippen LogP contribution in [0.4, 0.5) is 0 Å². The molecule has 0 aliphatic heterocycles. The van der Waals surface area contributed by atoms with Gasteiger partial charge in [-0.15, -0.1) is 0 Å². The average molecular weight is 261 g/mol. The first-order chi connectivity index (χ1) is 8.90. The average Bonchev–Trinajstić information content (AvgIpc) is 2.36. The van der Waals surface area contributed by atoms with Gasteiger partial charge in [-0.1, -0.05) is 6.07 Å². The second-order valence-corrected chi connectivity index (χ2v) is 5.27. The van der Waals surface area contributed by atoms with Crippen molar-refractivity contribution in [2.24, 2.45) is 0 Å². The topological polar surface area (TPSA) is 66.6 Å². The number of nitrogens with zero attached hydrogens (tertiary/aromatic N) is 2. The molecule has 102 valence electrons. The van der Waals surface area contributed by atoms with E-state index in [-0.39, 0.29) is 5.56 Å². The van der Waals surface area contributed by atoms with Crippen LogP contribution in [-0.4, -0.2) is 26.1 Å². The third-order valence-corrected chi connectivity index (χ3v) is 3.39. The van der Waals surface area contributed by atoms with Gasteiger partial charge in [-0.2, -0.15) is 0 Å². The molecule has 5 heteroatoms. The minimum Gasteiger partial charge on any atom is -0.392 e. The first-order valence-electron chi connectivity index (χ1n) is 6.30. The van der Waals surface area contributed by atoms with E-state index in [2.05, 4.69) is 10.3 Å². The Kier molecular flexibility index (Phi) is 3.68. The zero-order valence-electron chi connectivity index (χ0n) is 11.4. The molecule has 2 N–H and O–H groups in total. The molecule has 0 aliphatic rings. The molecule has 0 fully saturated rings. The van der Waals surface area contributed by atoms with Crippen molar-refractivity contribution in [3.8, 4) is 0 Å². The molecule has 19 heavy (non-hydrogen) atoms. The van der Waals surface area contributed by atoms with Gasteiger partial charge in [0.2, 0.25) is 0 Å². The van der Waals surface area contributed by atoms with Crippen LogP contribution in [-0.2, 0) is 6.54 Å². The number of fused-ring (bicyclic) bond motifs is 1. The van der Waals surface area contributed by atoms with Gasteiger partial charge in [-0.05, 0) is 32.9 Å². The van der Waals surface area contributed by atoms with Crippen molar-refractivity contribution >= 4 is 5.65 Å². The number of rotatable bonds is 4. The summed E-state index contributed by atoms with van der Waals surface area (Å²) >= 11 is 0. The summed E-state index contributed by atoms with van der Waals surface area (Å²) in [5.41, 5.74) is 0.771. The maximum Gasteiger partial charge on any atom is 0.258 e. The van der Waals surface area contributed by atoms with Gasteiger partial charge in [0, 0.05) is 24.3 Å². The van der Waals surface area contributed by atoms with Crippen LogP contribution in [0.1, 0.15) is 26.5 Å². The Hall–Kier alpha value is -1.72. The maximum atomic E-state index is 11.9. The monoisotopic (exact) mass is 261 g/mol. The molecule has 0 spiro atoms. The molecule has 5 nitrogen and oxygen atoms in total. The zero-order valence-corrected chi connectivity index (χ0v) is 11.4. The first-order valence-corrected chi connectivity index (χ1v) is 6.30.